The highest BCUT2D eigenvalue weighted by molar-refractivity contribution is 7.17. The third-order valence-corrected chi connectivity index (χ3v) is 5.04. The molecule has 0 saturated heterocycles. The average Bonchev–Trinajstić information content (AvgIpc) is 3.31. The van der Waals surface area contributed by atoms with Crippen molar-refractivity contribution < 1.29 is 28.0 Å². The third kappa shape index (κ3) is 4.53. The van der Waals surface area contributed by atoms with Crippen LogP contribution >= 0.6 is 22.7 Å². The summed E-state index contributed by atoms with van der Waals surface area (Å²) in [6, 6.07) is 5.31. The summed E-state index contributed by atoms with van der Waals surface area (Å²) < 4.78 is 31.8. The number of aromatic nitrogens is 1. The molecule has 1 amide bonds. The predicted molar refractivity (Wildman–Crippen MR) is 97.4 cm³/mol. The van der Waals surface area contributed by atoms with Gasteiger partial charge in [0, 0.05) is 17.0 Å². The number of nitro groups is 1. The molecule has 3 aromatic rings. The van der Waals surface area contributed by atoms with Gasteiger partial charge in [-0.25, -0.2) is 18.6 Å². The van der Waals surface area contributed by atoms with Crippen LogP contribution in [0.2, 0.25) is 0 Å². The minimum Gasteiger partial charge on any atom is -0.451 e. The number of benzene rings is 1. The molecule has 0 saturated carbocycles. The van der Waals surface area contributed by atoms with Crippen molar-refractivity contribution in [2.45, 2.75) is 0 Å². The second kappa shape index (κ2) is 8.19. The number of esters is 1. The number of nitrogens with zero attached hydrogens (tertiary/aromatic N) is 2. The maximum absolute atomic E-state index is 13.8. The molecule has 2 aromatic heterocycles. The Labute approximate surface area is 163 Å². The van der Waals surface area contributed by atoms with E-state index < -0.39 is 35.0 Å². The van der Waals surface area contributed by atoms with E-state index in [1.54, 1.807) is 0 Å². The van der Waals surface area contributed by atoms with Crippen LogP contribution in [0.5, 0.6) is 0 Å². The number of anilines is 1. The van der Waals surface area contributed by atoms with Crippen LogP contribution in [0.3, 0.4) is 0 Å². The first kappa shape index (κ1) is 19.5. The Balaban J connectivity index is 1.58. The normalized spacial score (nSPS) is 10.5. The second-order valence-corrected chi connectivity index (χ2v) is 7.10. The fraction of sp³-hybridized carbons (Fsp3) is 0.0625. The van der Waals surface area contributed by atoms with Gasteiger partial charge in [-0.1, -0.05) is 11.3 Å². The van der Waals surface area contributed by atoms with Crippen LogP contribution in [0.25, 0.3) is 11.3 Å². The highest BCUT2D eigenvalue weighted by Crippen LogP contribution is 2.28. The summed E-state index contributed by atoms with van der Waals surface area (Å²) in [6.07, 6.45) is 0. The Kier molecular flexibility index (Phi) is 5.70. The summed E-state index contributed by atoms with van der Waals surface area (Å²) >= 11 is 1.61. The number of amides is 1. The number of nitrogens with one attached hydrogen (secondary N) is 1. The van der Waals surface area contributed by atoms with Gasteiger partial charge in [0.05, 0.1) is 10.6 Å². The summed E-state index contributed by atoms with van der Waals surface area (Å²) in [5.74, 6) is -2.88. The van der Waals surface area contributed by atoms with Crippen molar-refractivity contribution in [2.24, 2.45) is 0 Å². The number of ether oxygens (including phenoxy) is 1. The maximum atomic E-state index is 13.8. The molecule has 0 spiro atoms. The van der Waals surface area contributed by atoms with E-state index in [0.29, 0.717) is 11.3 Å². The van der Waals surface area contributed by atoms with Crippen LogP contribution < -0.4 is 5.32 Å². The molecule has 144 valence electrons. The molecule has 0 atom stereocenters. The number of thiophene rings is 1. The van der Waals surface area contributed by atoms with E-state index in [-0.39, 0.29) is 26.3 Å². The molecule has 1 N–H and O–H groups in total. The first-order chi connectivity index (χ1) is 13.3. The molecule has 0 unspecified atom stereocenters. The summed E-state index contributed by atoms with van der Waals surface area (Å²) in [4.78, 5) is 37.6. The smallest absolute Gasteiger partial charge is 0.349 e. The van der Waals surface area contributed by atoms with Gasteiger partial charge in [0.15, 0.2) is 11.7 Å². The van der Waals surface area contributed by atoms with E-state index in [9.17, 15) is 28.5 Å². The molecule has 8 nitrogen and oxygen atoms in total. The van der Waals surface area contributed by atoms with Gasteiger partial charge in [0.25, 0.3) is 5.91 Å². The van der Waals surface area contributed by atoms with E-state index in [0.717, 1.165) is 35.6 Å². The number of thiazole rings is 1. The molecule has 0 fully saturated rings. The molecule has 0 aliphatic rings. The van der Waals surface area contributed by atoms with Crippen molar-refractivity contribution in [2.75, 3.05) is 11.9 Å². The first-order valence-corrected chi connectivity index (χ1v) is 9.15. The van der Waals surface area contributed by atoms with Crippen LogP contribution in [0, 0.1) is 21.7 Å². The lowest BCUT2D eigenvalue weighted by Crippen LogP contribution is -2.20. The van der Waals surface area contributed by atoms with Crippen molar-refractivity contribution in [3.8, 4) is 11.3 Å². The Morgan fingerprint density at radius 1 is 1.25 bits per heavy atom. The largest absolute Gasteiger partial charge is 0.451 e. The Bertz CT molecular complexity index is 1070. The first-order valence-electron chi connectivity index (χ1n) is 7.45. The quantitative estimate of drug-likeness (QED) is 0.365. The zero-order chi connectivity index (χ0) is 20.3. The highest BCUT2D eigenvalue weighted by Gasteiger charge is 2.18. The summed E-state index contributed by atoms with van der Waals surface area (Å²) in [7, 11) is 0. The molecule has 0 aliphatic carbocycles. The molecule has 3 rings (SSSR count). The molecule has 28 heavy (non-hydrogen) atoms. The van der Waals surface area contributed by atoms with Crippen LogP contribution in [0.15, 0.2) is 35.7 Å². The lowest BCUT2D eigenvalue weighted by atomic mass is 10.1. The fourth-order valence-corrected chi connectivity index (χ4v) is 3.48. The van der Waals surface area contributed by atoms with E-state index in [1.807, 2.05) is 0 Å². The van der Waals surface area contributed by atoms with Gasteiger partial charge in [0.2, 0.25) is 0 Å². The van der Waals surface area contributed by atoms with Crippen LogP contribution in [-0.4, -0.2) is 28.4 Å². The molecular formula is C16H9F2N3O5S2. The van der Waals surface area contributed by atoms with E-state index in [4.69, 9.17) is 4.74 Å². The summed E-state index contributed by atoms with van der Waals surface area (Å²) in [6.45, 7) is -0.645. The van der Waals surface area contributed by atoms with Crippen LogP contribution in [0.4, 0.5) is 18.9 Å². The standard InChI is InChI=1S/C16H9F2N3O5S2/c17-8-1-2-10(18)9(5-8)11-7-27-16(19-11)20-13(22)6-26-15(23)12-3-4-14(28-12)21(24)25/h1-5,7H,6H2,(H,19,20,22). The molecule has 0 bridgehead atoms. The maximum Gasteiger partial charge on any atom is 0.349 e. The van der Waals surface area contributed by atoms with E-state index in [2.05, 4.69) is 10.3 Å². The van der Waals surface area contributed by atoms with Gasteiger partial charge < -0.3 is 4.74 Å². The Morgan fingerprint density at radius 3 is 2.75 bits per heavy atom. The van der Waals surface area contributed by atoms with E-state index in [1.165, 1.54) is 11.4 Å². The number of hydrogen-bond acceptors (Lipinski definition) is 8. The van der Waals surface area contributed by atoms with Crippen molar-refractivity contribution in [3.05, 3.63) is 62.3 Å². The molecule has 1 aromatic carbocycles. The lowest BCUT2D eigenvalue weighted by Gasteiger charge is -2.03. The van der Waals surface area contributed by atoms with Gasteiger partial charge in [-0.3, -0.25) is 20.2 Å². The van der Waals surface area contributed by atoms with Crippen molar-refractivity contribution in [3.63, 3.8) is 0 Å². The Hall–Kier alpha value is -3.25. The number of carbonyl (C=O) groups is 2. The fourth-order valence-electron chi connectivity index (χ4n) is 2.04. The predicted octanol–water partition coefficient (Wildman–Crippen LogP) is 3.85. The SMILES string of the molecule is O=C(COC(=O)c1ccc([N+](=O)[O-])s1)Nc1nc(-c2cc(F)ccc2F)cs1. The van der Waals surface area contributed by atoms with Crippen molar-refractivity contribution in [1.29, 1.82) is 0 Å². The average molecular weight is 425 g/mol. The second-order valence-electron chi connectivity index (χ2n) is 5.18. The van der Waals surface area contributed by atoms with Gasteiger partial charge in [-0.15, -0.1) is 11.3 Å². The van der Waals surface area contributed by atoms with Gasteiger partial charge in [-0.2, -0.15) is 0 Å². The molecule has 0 radical (unpaired) electrons. The monoisotopic (exact) mass is 425 g/mol. The number of hydrogen-bond donors (Lipinski definition) is 1. The van der Waals surface area contributed by atoms with Gasteiger partial charge in [-0.05, 0) is 24.3 Å². The van der Waals surface area contributed by atoms with Gasteiger partial charge in [0.1, 0.15) is 16.5 Å². The van der Waals surface area contributed by atoms with Gasteiger partial charge >= 0.3 is 11.0 Å². The molecule has 12 heteroatoms. The highest BCUT2D eigenvalue weighted by atomic mass is 32.1. The summed E-state index contributed by atoms with van der Waals surface area (Å²) in [5.41, 5.74) is 0.0858. The van der Waals surface area contributed by atoms with Crippen molar-refractivity contribution >= 4 is 44.7 Å². The topological polar surface area (TPSA) is 111 Å². The minimum atomic E-state index is -0.880. The van der Waals surface area contributed by atoms with E-state index >= 15 is 0 Å². The zero-order valence-corrected chi connectivity index (χ0v) is 15.3. The zero-order valence-electron chi connectivity index (χ0n) is 13.7. The molecule has 0 aliphatic heterocycles. The third-order valence-electron chi connectivity index (χ3n) is 3.26. The van der Waals surface area contributed by atoms with Crippen LogP contribution in [0.1, 0.15) is 9.67 Å². The minimum absolute atomic E-state index is 0.0161. The molecule has 2 heterocycles. The number of halogens is 2. The Morgan fingerprint density at radius 2 is 2.04 bits per heavy atom. The summed E-state index contributed by atoms with van der Waals surface area (Å²) in [5, 5.41) is 14.3. The molecular weight excluding hydrogens is 416 g/mol. The van der Waals surface area contributed by atoms with Crippen molar-refractivity contribution in [1.82, 2.24) is 4.98 Å². The number of rotatable bonds is 6. The lowest BCUT2D eigenvalue weighted by molar-refractivity contribution is -0.380. The van der Waals surface area contributed by atoms with Crippen LogP contribution in [-0.2, 0) is 9.53 Å². The number of carbonyl (C=O) groups excluding carboxylic acids is 2.